The Bertz CT molecular complexity index is 999. The number of nitriles is 1. The average Bonchev–Trinajstić information content (AvgIpc) is 3.39. The molecule has 0 saturated heterocycles. The van der Waals surface area contributed by atoms with Crippen molar-refractivity contribution < 1.29 is 13.2 Å². The van der Waals surface area contributed by atoms with Gasteiger partial charge in [-0.15, -0.1) is 10.2 Å². The number of hydrogen-bond donors (Lipinski definition) is 0. The highest BCUT2D eigenvalue weighted by Gasteiger charge is 2.49. The highest BCUT2D eigenvalue weighted by Crippen LogP contribution is 2.56. The predicted molar refractivity (Wildman–Crippen MR) is 99.2 cm³/mol. The minimum Gasteiger partial charge on any atom is -0.260 e. The number of aliphatic imine (C=N–C) groups is 1. The molecule has 1 spiro atoms. The lowest BCUT2D eigenvalue weighted by molar-refractivity contribution is -0.141. The van der Waals surface area contributed by atoms with Crippen molar-refractivity contribution in [1.82, 2.24) is 15.2 Å². The van der Waals surface area contributed by atoms with Crippen molar-refractivity contribution in [3.05, 3.63) is 45.3 Å². The summed E-state index contributed by atoms with van der Waals surface area (Å²) in [5.41, 5.74) is 0.127. The second-order valence-corrected chi connectivity index (χ2v) is 9.03. The van der Waals surface area contributed by atoms with Gasteiger partial charge in [-0.05, 0) is 58.2 Å². The lowest BCUT2D eigenvalue weighted by atomic mass is 10.1. The van der Waals surface area contributed by atoms with Crippen LogP contribution in [-0.4, -0.2) is 19.6 Å². The van der Waals surface area contributed by atoms with Crippen molar-refractivity contribution in [2.75, 3.05) is 0 Å². The third-order valence-electron chi connectivity index (χ3n) is 4.19. The summed E-state index contributed by atoms with van der Waals surface area (Å²) in [5, 5.41) is 18.2. The summed E-state index contributed by atoms with van der Waals surface area (Å²) < 4.78 is 39.7. The molecule has 11 heteroatoms. The van der Waals surface area contributed by atoms with Crippen LogP contribution in [-0.2, 0) is 17.5 Å². The Morgan fingerprint density at radius 2 is 2.07 bits per heavy atom. The van der Waals surface area contributed by atoms with Crippen molar-refractivity contribution in [2.24, 2.45) is 4.99 Å². The first-order valence-electron chi connectivity index (χ1n) is 7.71. The SMILES string of the molecule is N#Cc1cc(C(F)(F)F)ncc1CSC1=NC2(CC2)c2cc(Br)nnc2S1. The second kappa shape index (κ2) is 6.76. The molecule has 27 heavy (non-hydrogen) atoms. The molecule has 0 unspecified atom stereocenters. The number of thioether (sulfide) groups is 2. The van der Waals surface area contributed by atoms with Crippen LogP contribution in [0.1, 0.15) is 35.2 Å². The number of halogens is 4. The van der Waals surface area contributed by atoms with Gasteiger partial charge in [-0.25, -0.2) is 0 Å². The molecule has 2 aliphatic rings. The Kier molecular flexibility index (Phi) is 4.68. The molecule has 3 heterocycles. The Morgan fingerprint density at radius 3 is 2.74 bits per heavy atom. The topological polar surface area (TPSA) is 74.8 Å². The van der Waals surface area contributed by atoms with Gasteiger partial charge in [-0.3, -0.25) is 9.98 Å². The zero-order valence-electron chi connectivity index (χ0n) is 13.4. The zero-order chi connectivity index (χ0) is 19.2. The van der Waals surface area contributed by atoms with E-state index in [0.717, 1.165) is 40.1 Å². The Labute approximate surface area is 169 Å². The van der Waals surface area contributed by atoms with Gasteiger partial charge in [0.2, 0.25) is 0 Å². The van der Waals surface area contributed by atoms with E-state index in [1.165, 1.54) is 23.5 Å². The van der Waals surface area contributed by atoms with Crippen LogP contribution in [0, 0.1) is 11.3 Å². The van der Waals surface area contributed by atoms with Gasteiger partial charge in [0.05, 0.1) is 17.2 Å². The molecule has 2 aromatic rings. The van der Waals surface area contributed by atoms with Crippen LogP contribution >= 0.6 is 39.5 Å². The van der Waals surface area contributed by atoms with Gasteiger partial charge < -0.3 is 0 Å². The summed E-state index contributed by atoms with van der Waals surface area (Å²) in [7, 11) is 0. The van der Waals surface area contributed by atoms with Gasteiger partial charge in [0.15, 0.2) is 0 Å². The Balaban J connectivity index is 1.54. The van der Waals surface area contributed by atoms with Crippen LogP contribution < -0.4 is 0 Å². The molecule has 5 nitrogen and oxygen atoms in total. The van der Waals surface area contributed by atoms with E-state index in [-0.39, 0.29) is 11.1 Å². The Morgan fingerprint density at radius 1 is 1.30 bits per heavy atom. The molecule has 0 amide bonds. The first-order valence-corrected chi connectivity index (χ1v) is 10.3. The Hall–Kier alpha value is -1.64. The highest BCUT2D eigenvalue weighted by molar-refractivity contribution is 9.10. The average molecular weight is 472 g/mol. The minimum atomic E-state index is -4.57. The summed E-state index contributed by atoms with van der Waals surface area (Å²) >= 11 is 6.08. The fourth-order valence-corrected chi connectivity index (χ4v) is 5.20. The number of nitrogens with zero attached hydrogens (tertiary/aromatic N) is 5. The molecule has 2 aromatic heterocycles. The third kappa shape index (κ3) is 3.70. The first-order chi connectivity index (χ1) is 12.8. The maximum atomic E-state index is 12.8. The molecule has 0 radical (unpaired) electrons. The number of alkyl halides is 3. The highest BCUT2D eigenvalue weighted by atomic mass is 79.9. The number of aromatic nitrogens is 3. The number of rotatable bonds is 2. The van der Waals surface area contributed by atoms with Crippen LogP contribution in [0.4, 0.5) is 13.2 Å². The summed E-state index contributed by atoms with van der Waals surface area (Å²) in [5.74, 6) is 0.301. The molecular weight excluding hydrogens is 463 g/mol. The normalized spacial score (nSPS) is 17.2. The maximum Gasteiger partial charge on any atom is 0.433 e. The van der Waals surface area contributed by atoms with E-state index in [2.05, 4.69) is 31.1 Å². The van der Waals surface area contributed by atoms with Crippen LogP contribution in [0.15, 0.2) is 33.0 Å². The van der Waals surface area contributed by atoms with Crippen molar-refractivity contribution in [3.8, 4) is 6.07 Å². The molecule has 0 N–H and O–H groups in total. The van der Waals surface area contributed by atoms with E-state index >= 15 is 0 Å². The molecule has 138 valence electrons. The fraction of sp³-hybridized carbons (Fsp3) is 0.312. The van der Waals surface area contributed by atoms with Crippen molar-refractivity contribution in [2.45, 2.75) is 35.3 Å². The van der Waals surface area contributed by atoms with Crippen LogP contribution in [0.3, 0.4) is 0 Å². The van der Waals surface area contributed by atoms with Crippen LogP contribution in [0.5, 0.6) is 0 Å². The number of hydrogen-bond acceptors (Lipinski definition) is 7. The van der Waals surface area contributed by atoms with Gasteiger partial charge in [0.1, 0.15) is 19.7 Å². The van der Waals surface area contributed by atoms with Gasteiger partial charge in [0, 0.05) is 17.5 Å². The van der Waals surface area contributed by atoms with Crippen LogP contribution in [0.25, 0.3) is 0 Å². The fourth-order valence-electron chi connectivity index (χ4n) is 2.66. The van der Waals surface area contributed by atoms with E-state index < -0.39 is 11.9 Å². The molecule has 0 atom stereocenters. The quantitative estimate of drug-likeness (QED) is 0.619. The lowest BCUT2D eigenvalue weighted by Crippen LogP contribution is -2.14. The van der Waals surface area contributed by atoms with Crippen molar-refractivity contribution in [1.29, 1.82) is 5.26 Å². The third-order valence-corrected chi connectivity index (χ3v) is 6.74. The zero-order valence-corrected chi connectivity index (χ0v) is 16.6. The largest absolute Gasteiger partial charge is 0.433 e. The molecule has 1 aliphatic heterocycles. The second-order valence-electron chi connectivity index (χ2n) is 6.02. The van der Waals surface area contributed by atoms with E-state index in [4.69, 9.17) is 4.99 Å². The van der Waals surface area contributed by atoms with Crippen molar-refractivity contribution >= 4 is 43.8 Å². The smallest absolute Gasteiger partial charge is 0.260 e. The molecule has 1 aliphatic carbocycles. The van der Waals surface area contributed by atoms with Gasteiger partial charge in [0.25, 0.3) is 0 Å². The van der Waals surface area contributed by atoms with E-state index in [0.29, 0.717) is 15.9 Å². The molecule has 0 aromatic carbocycles. The van der Waals surface area contributed by atoms with E-state index in [1.807, 2.05) is 12.1 Å². The van der Waals surface area contributed by atoms with E-state index in [9.17, 15) is 18.4 Å². The van der Waals surface area contributed by atoms with Gasteiger partial charge >= 0.3 is 6.18 Å². The van der Waals surface area contributed by atoms with E-state index in [1.54, 1.807) is 0 Å². The van der Waals surface area contributed by atoms with Gasteiger partial charge in [-0.1, -0.05) is 11.8 Å². The number of fused-ring (bicyclic) bond motifs is 2. The molecule has 0 bridgehead atoms. The van der Waals surface area contributed by atoms with Crippen molar-refractivity contribution in [3.63, 3.8) is 0 Å². The molecule has 1 saturated carbocycles. The molecular formula is C16H9BrF3N5S2. The monoisotopic (exact) mass is 471 g/mol. The number of pyridine rings is 1. The molecule has 1 fully saturated rings. The minimum absolute atomic E-state index is 0.0310. The molecule has 4 rings (SSSR count). The predicted octanol–water partition coefficient (Wildman–Crippen LogP) is 4.91. The first kappa shape index (κ1) is 18.7. The summed E-state index contributed by atoms with van der Waals surface area (Å²) in [6.07, 6.45) is -1.61. The van der Waals surface area contributed by atoms with Gasteiger partial charge in [-0.2, -0.15) is 18.4 Å². The summed E-state index contributed by atoms with van der Waals surface area (Å²) in [6, 6.07) is 4.53. The summed E-state index contributed by atoms with van der Waals surface area (Å²) in [6.45, 7) is 0. The van der Waals surface area contributed by atoms with Crippen LogP contribution in [0.2, 0.25) is 0 Å². The lowest BCUT2D eigenvalue weighted by Gasteiger charge is -2.21. The summed E-state index contributed by atoms with van der Waals surface area (Å²) in [4.78, 5) is 8.25. The standard InChI is InChI=1S/C16H9BrF3N5S2/c17-12-4-10-13(25-24-12)27-14(23-15(10)1-2-15)26-7-9-6-22-11(16(18,19)20)3-8(9)5-21/h3-4,6H,1-2,7H2. The maximum absolute atomic E-state index is 12.8.